The van der Waals surface area contributed by atoms with Gasteiger partial charge < -0.3 is 0 Å². The Kier molecular flexibility index (Phi) is 3.78. The van der Waals surface area contributed by atoms with E-state index >= 15 is 0 Å². The molecule has 0 aromatic carbocycles. The second-order valence-electron chi connectivity index (χ2n) is 1.60. The number of carboxylic acid groups (broad SMARTS) is 1. The normalized spacial score (nSPS) is 16.8. The zero-order chi connectivity index (χ0) is 7.49. The fraction of sp³-hybridized carbons (Fsp3) is 0.750. The molecule has 0 spiro atoms. The van der Waals surface area contributed by atoms with Crippen molar-refractivity contribution >= 4 is 38.0 Å². The van der Waals surface area contributed by atoms with E-state index in [0.29, 0.717) is 5.32 Å². The molecule has 0 aromatic rings. The number of aliphatic hydroxyl groups is 1. The molecule has 0 rings (SSSR count). The SMILES string of the molecule is O=C(O)C(O)([SeH])CC[SeH]. The monoisotopic (exact) mass is 264 g/mol. The van der Waals surface area contributed by atoms with E-state index in [1.54, 1.807) is 16.0 Å². The van der Waals surface area contributed by atoms with Crippen LogP contribution in [-0.4, -0.2) is 52.7 Å². The molecule has 0 fully saturated rings. The Morgan fingerprint density at radius 1 is 1.67 bits per heavy atom. The summed E-state index contributed by atoms with van der Waals surface area (Å²) < 4.78 is -1.61. The van der Waals surface area contributed by atoms with Gasteiger partial charge in [-0.2, -0.15) is 0 Å². The number of carboxylic acids is 1. The summed E-state index contributed by atoms with van der Waals surface area (Å²) in [6, 6.07) is 0. The van der Waals surface area contributed by atoms with Gasteiger partial charge in [0.15, 0.2) is 0 Å². The molecular formula is C4H8O3Se2. The average Bonchev–Trinajstić information content (AvgIpc) is 1.65. The molecule has 0 saturated carbocycles. The number of aliphatic carboxylic acids is 1. The molecule has 0 amide bonds. The summed E-state index contributed by atoms with van der Waals surface area (Å²) in [5.74, 6) is -1.19. The molecule has 0 aliphatic carbocycles. The van der Waals surface area contributed by atoms with Crippen molar-refractivity contribution in [2.24, 2.45) is 0 Å². The summed E-state index contributed by atoms with van der Waals surface area (Å²) in [5.41, 5.74) is 0. The van der Waals surface area contributed by atoms with Crippen molar-refractivity contribution in [2.75, 3.05) is 0 Å². The van der Waals surface area contributed by atoms with Crippen LogP contribution in [0.3, 0.4) is 0 Å². The summed E-state index contributed by atoms with van der Waals surface area (Å²) in [5, 5.41) is 17.9. The first kappa shape index (κ1) is 9.47. The fourth-order valence-corrected chi connectivity index (χ4v) is 2.01. The summed E-state index contributed by atoms with van der Waals surface area (Å²) in [6.07, 6.45) is 0.252. The molecule has 0 aliphatic heterocycles. The van der Waals surface area contributed by atoms with Crippen molar-refractivity contribution in [3.05, 3.63) is 0 Å². The third kappa shape index (κ3) is 3.23. The van der Waals surface area contributed by atoms with Gasteiger partial charge in [-0.25, -0.2) is 0 Å². The van der Waals surface area contributed by atoms with Crippen LogP contribution in [0.5, 0.6) is 0 Å². The van der Waals surface area contributed by atoms with Crippen molar-refractivity contribution in [1.82, 2.24) is 0 Å². The molecule has 9 heavy (non-hydrogen) atoms. The van der Waals surface area contributed by atoms with Crippen LogP contribution in [-0.2, 0) is 4.79 Å². The van der Waals surface area contributed by atoms with Gasteiger partial charge in [0.25, 0.3) is 0 Å². The molecule has 0 saturated heterocycles. The Hall–Kier alpha value is 0.469. The second-order valence-corrected chi connectivity index (χ2v) is 4.09. The summed E-state index contributed by atoms with van der Waals surface area (Å²) in [4.78, 5) is 10.1. The van der Waals surface area contributed by atoms with Gasteiger partial charge in [-0.1, -0.05) is 0 Å². The Balaban J connectivity index is 3.85. The standard InChI is InChI=1S/C4H8O3Se2/c5-3(6)4(7,9)1-2-8/h7-9H,1-2H2,(H,5,6). The van der Waals surface area contributed by atoms with Gasteiger partial charge in [-0.15, -0.1) is 0 Å². The van der Waals surface area contributed by atoms with Gasteiger partial charge in [-0.05, 0) is 0 Å². The molecule has 2 N–H and O–H groups in total. The van der Waals surface area contributed by atoms with Crippen molar-refractivity contribution in [3.8, 4) is 0 Å². The van der Waals surface area contributed by atoms with E-state index < -0.39 is 10.5 Å². The van der Waals surface area contributed by atoms with Crippen molar-refractivity contribution < 1.29 is 15.0 Å². The molecule has 0 aliphatic rings. The van der Waals surface area contributed by atoms with E-state index in [1.165, 1.54) is 0 Å². The Morgan fingerprint density at radius 3 is 2.22 bits per heavy atom. The summed E-state index contributed by atoms with van der Waals surface area (Å²) in [6.45, 7) is 0. The van der Waals surface area contributed by atoms with Gasteiger partial charge in [0.1, 0.15) is 0 Å². The van der Waals surface area contributed by atoms with Crippen LogP contribution in [0.15, 0.2) is 0 Å². The molecule has 0 radical (unpaired) electrons. The average molecular weight is 262 g/mol. The predicted molar refractivity (Wildman–Crippen MR) is 36.3 cm³/mol. The van der Waals surface area contributed by atoms with Crippen LogP contribution in [0.2, 0.25) is 5.32 Å². The van der Waals surface area contributed by atoms with E-state index in [1.807, 2.05) is 0 Å². The molecule has 0 bridgehead atoms. The topological polar surface area (TPSA) is 57.5 Å². The molecule has 1 unspecified atom stereocenters. The second kappa shape index (κ2) is 3.59. The first-order valence-corrected chi connectivity index (χ1v) is 4.56. The molecule has 0 heterocycles. The van der Waals surface area contributed by atoms with Gasteiger partial charge in [0.2, 0.25) is 0 Å². The van der Waals surface area contributed by atoms with Crippen LogP contribution in [0.4, 0.5) is 0 Å². The van der Waals surface area contributed by atoms with Gasteiger partial charge in [0, 0.05) is 0 Å². The molecule has 1 atom stereocenters. The fourth-order valence-electron chi connectivity index (χ4n) is 0.263. The number of carbonyl (C=O) groups is 1. The number of hydrogen-bond donors (Lipinski definition) is 2. The first-order chi connectivity index (χ1) is 4.00. The number of hydrogen-bond acceptors (Lipinski definition) is 2. The van der Waals surface area contributed by atoms with E-state index in [9.17, 15) is 4.79 Å². The Morgan fingerprint density at radius 2 is 2.11 bits per heavy atom. The third-order valence-corrected chi connectivity index (χ3v) is 2.14. The van der Waals surface area contributed by atoms with E-state index in [-0.39, 0.29) is 6.42 Å². The van der Waals surface area contributed by atoms with E-state index in [0.717, 1.165) is 0 Å². The van der Waals surface area contributed by atoms with Gasteiger partial charge in [-0.3, -0.25) is 0 Å². The van der Waals surface area contributed by atoms with Gasteiger partial charge >= 0.3 is 69.2 Å². The molecule has 3 nitrogen and oxygen atoms in total. The maximum atomic E-state index is 10.1. The van der Waals surface area contributed by atoms with Crippen LogP contribution >= 0.6 is 0 Å². The minimum atomic E-state index is -1.61. The molecule has 5 heteroatoms. The van der Waals surface area contributed by atoms with Crippen LogP contribution < -0.4 is 0 Å². The van der Waals surface area contributed by atoms with Crippen LogP contribution in [0, 0.1) is 0 Å². The first-order valence-electron chi connectivity index (χ1n) is 2.29. The summed E-state index contributed by atoms with van der Waals surface area (Å²) in [7, 11) is 0. The molecular weight excluding hydrogens is 254 g/mol. The zero-order valence-electron chi connectivity index (χ0n) is 4.61. The molecule has 0 aromatic heterocycles. The van der Waals surface area contributed by atoms with E-state index in [2.05, 4.69) is 16.0 Å². The molecule has 54 valence electrons. The quantitative estimate of drug-likeness (QED) is 0.600. The Bertz CT molecular complexity index is 112. The van der Waals surface area contributed by atoms with Crippen LogP contribution in [0.1, 0.15) is 6.42 Å². The zero-order valence-corrected chi connectivity index (χ0v) is 8.36. The van der Waals surface area contributed by atoms with Gasteiger partial charge in [0.05, 0.1) is 0 Å². The summed E-state index contributed by atoms with van der Waals surface area (Å²) >= 11 is 3.97. The van der Waals surface area contributed by atoms with Crippen LogP contribution in [0.25, 0.3) is 0 Å². The van der Waals surface area contributed by atoms with Crippen molar-refractivity contribution in [3.63, 3.8) is 0 Å². The maximum absolute atomic E-state index is 10.1. The van der Waals surface area contributed by atoms with E-state index in [4.69, 9.17) is 10.2 Å². The Labute approximate surface area is 69.5 Å². The van der Waals surface area contributed by atoms with Crippen molar-refractivity contribution in [2.45, 2.75) is 16.2 Å². The van der Waals surface area contributed by atoms with Crippen molar-refractivity contribution in [1.29, 1.82) is 0 Å². The number of rotatable bonds is 3. The third-order valence-electron chi connectivity index (χ3n) is 0.803. The minimum absolute atomic E-state index is 0.252. The predicted octanol–water partition coefficient (Wildman–Crippen LogP) is -1.63.